The third-order valence-electron chi connectivity index (χ3n) is 5.96. The number of hydrogen-bond acceptors (Lipinski definition) is 2. The second-order valence-electron chi connectivity index (χ2n) is 8.27. The van der Waals surface area contributed by atoms with E-state index in [1.54, 1.807) is 0 Å². The number of para-hydroxylation sites is 1. The molecule has 2 aromatic rings. The molecule has 1 heterocycles. The zero-order chi connectivity index (χ0) is 20.8. The predicted octanol–water partition coefficient (Wildman–Crippen LogP) is 5.50. The maximum Gasteiger partial charge on any atom is 0.322 e. The molecule has 3 rings (SSSR count). The summed E-state index contributed by atoms with van der Waals surface area (Å²) in [7, 11) is 0. The molecule has 1 N–H and O–H groups in total. The highest BCUT2D eigenvalue weighted by atomic mass is 16.2. The first kappa shape index (κ1) is 21.4. The minimum Gasteiger partial charge on any atom is -0.320 e. The van der Waals surface area contributed by atoms with E-state index < -0.39 is 0 Å². The lowest BCUT2D eigenvalue weighted by Crippen LogP contribution is -2.44. The van der Waals surface area contributed by atoms with Crippen LogP contribution in [-0.4, -0.2) is 41.5 Å². The Morgan fingerprint density at radius 1 is 1.14 bits per heavy atom. The number of nitrogens with zero attached hydrogens (tertiary/aromatic N) is 2. The minimum atomic E-state index is 0.0295. The molecule has 0 bridgehead atoms. The van der Waals surface area contributed by atoms with E-state index in [1.807, 2.05) is 4.90 Å². The van der Waals surface area contributed by atoms with Crippen molar-refractivity contribution in [3.8, 4) is 0 Å². The Hall–Kier alpha value is -2.33. The van der Waals surface area contributed by atoms with Crippen LogP contribution in [0, 0.1) is 0 Å². The number of urea groups is 1. The Kier molecular flexibility index (Phi) is 7.32. The van der Waals surface area contributed by atoms with E-state index in [9.17, 15) is 4.79 Å². The third-order valence-corrected chi connectivity index (χ3v) is 5.96. The summed E-state index contributed by atoms with van der Waals surface area (Å²) in [5.41, 5.74) is 4.76. The summed E-state index contributed by atoms with van der Waals surface area (Å²) in [6.07, 6.45) is 1.94. The Morgan fingerprint density at radius 2 is 1.90 bits per heavy atom. The molecule has 1 aliphatic rings. The number of amides is 2. The van der Waals surface area contributed by atoms with E-state index in [0.717, 1.165) is 44.7 Å². The van der Waals surface area contributed by atoms with Gasteiger partial charge in [-0.2, -0.15) is 0 Å². The SMILES string of the molecule is CCc1cccc(C(C)C)c1NC(=O)N(CC)C1CCN(Cc2ccccc2)C1. The van der Waals surface area contributed by atoms with Crippen molar-refractivity contribution in [3.05, 3.63) is 65.2 Å². The molecule has 1 atom stereocenters. The first-order valence-corrected chi connectivity index (χ1v) is 11.0. The molecule has 156 valence electrons. The summed E-state index contributed by atoms with van der Waals surface area (Å²) in [6, 6.07) is 17.2. The summed E-state index contributed by atoms with van der Waals surface area (Å²) in [6.45, 7) is 12.2. The molecule has 4 nitrogen and oxygen atoms in total. The lowest BCUT2D eigenvalue weighted by Gasteiger charge is -2.29. The van der Waals surface area contributed by atoms with E-state index in [0.29, 0.717) is 5.92 Å². The van der Waals surface area contributed by atoms with Gasteiger partial charge < -0.3 is 10.2 Å². The Labute approximate surface area is 175 Å². The fourth-order valence-corrected chi connectivity index (χ4v) is 4.35. The van der Waals surface area contributed by atoms with Gasteiger partial charge in [-0.25, -0.2) is 4.79 Å². The monoisotopic (exact) mass is 393 g/mol. The van der Waals surface area contributed by atoms with Crippen molar-refractivity contribution in [2.75, 3.05) is 25.0 Å². The second kappa shape index (κ2) is 9.93. The average Bonchev–Trinajstić information content (AvgIpc) is 3.17. The zero-order valence-corrected chi connectivity index (χ0v) is 18.3. The van der Waals surface area contributed by atoms with Crippen LogP contribution in [0.3, 0.4) is 0 Å². The number of rotatable bonds is 7. The fourth-order valence-electron chi connectivity index (χ4n) is 4.35. The van der Waals surface area contributed by atoms with Crippen LogP contribution >= 0.6 is 0 Å². The number of aryl methyl sites for hydroxylation is 1. The molecule has 2 aromatic carbocycles. The molecule has 2 amide bonds. The van der Waals surface area contributed by atoms with Crippen molar-refractivity contribution >= 4 is 11.7 Å². The van der Waals surface area contributed by atoms with Crippen LogP contribution in [0.2, 0.25) is 0 Å². The van der Waals surface area contributed by atoms with Gasteiger partial charge in [0.05, 0.1) is 0 Å². The van der Waals surface area contributed by atoms with E-state index in [-0.39, 0.29) is 12.1 Å². The van der Waals surface area contributed by atoms with Crippen LogP contribution in [0.25, 0.3) is 0 Å². The maximum atomic E-state index is 13.2. The van der Waals surface area contributed by atoms with Gasteiger partial charge in [0.15, 0.2) is 0 Å². The standard InChI is InChI=1S/C25H35N3O/c1-5-21-13-10-14-23(19(3)4)24(21)26-25(29)28(6-2)22-15-16-27(18-22)17-20-11-8-7-9-12-20/h7-14,19,22H,5-6,15-18H2,1-4H3,(H,26,29). The molecule has 0 aliphatic carbocycles. The summed E-state index contributed by atoms with van der Waals surface area (Å²) < 4.78 is 0. The van der Waals surface area contributed by atoms with Crippen LogP contribution in [0.4, 0.5) is 10.5 Å². The van der Waals surface area contributed by atoms with Gasteiger partial charge >= 0.3 is 6.03 Å². The number of anilines is 1. The van der Waals surface area contributed by atoms with E-state index >= 15 is 0 Å². The summed E-state index contributed by atoms with van der Waals surface area (Å²) >= 11 is 0. The first-order valence-electron chi connectivity index (χ1n) is 11.0. The smallest absolute Gasteiger partial charge is 0.320 e. The largest absolute Gasteiger partial charge is 0.322 e. The van der Waals surface area contributed by atoms with Gasteiger partial charge in [-0.1, -0.05) is 69.3 Å². The van der Waals surface area contributed by atoms with Gasteiger partial charge in [0.1, 0.15) is 0 Å². The van der Waals surface area contributed by atoms with Gasteiger partial charge in [0.25, 0.3) is 0 Å². The maximum absolute atomic E-state index is 13.2. The molecule has 29 heavy (non-hydrogen) atoms. The van der Waals surface area contributed by atoms with Crippen LogP contribution in [0.5, 0.6) is 0 Å². The van der Waals surface area contributed by atoms with Crippen LogP contribution in [0.15, 0.2) is 48.5 Å². The molecule has 0 saturated carbocycles. The molecule has 4 heteroatoms. The summed E-state index contributed by atoms with van der Waals surface area (Å²) in [5, 5.41) is 3.27. The molecular formula is C25H35N3O. The molecule has 1 fully saturated rings. The van der Waals surface area contributed by atoms with E-state index in [4.69, 9.17) is 0 Å². The normalized spacial score (nSPS) is 16.9. The number of likely N-dealkylation sites (tertiary alicyclic amines) is 1. The molecule has 0 spiro atoms. The number of carbonyl (C=O) groups excluding carboxylic acids is 1. The van der Waals surface area contributed by atoms with Gasteiger partial charge in [-0.05, 0) is 42.4 Å². The minimum absolute atomic E-state index is 0.0295. The Morgan fingerprint density at radius 3 is 2.55 bits per heavy atom. The van der Waals surface area contributed by atoms with Crippen LogP contribution in [-0.2, 0) is 13.0 Å². The lowest BCUT2D eigenvalue weighted by atomic mass is 9.96. The molecule has 0 aromatic heterocycles. The molecule has 0 radical (unpaired) electrons. The molecular weight excluding hydrogens is 358 g/mol. The average molecular weight is 394 g/mol. The van der Waals surface area contributed by atoms with Crippen LogP contribution < -0.4 is 5.32 Å². The first-order chi connectivity index (χ1) is 14.0. The number of carbonyl (C=O) groups is 1. The number of benzene rings is 2. The number of likely N-dealkylation sites (N-methyl/N-ethyl adjacent to an activating group) is 1. The van der Waals surface area contributed by atoms with Crippen molar-refractivity contribution in [3.63, 3.8) is 0 Å². The van der Waals surface area contributed by atoms with Crippen molar-refractivity contribution in [2.45, 2.75) is 59.0 Å². The molecule has 1 aliphatic heterocycles. The van der Waals surface area contributed by atoms with E-state index in [1.165, 1.54) is 16.7 Å². The zero-order valence-electron chi connectivity index (χ0n) is 18.3. The van der Waals surface area contributed by atoms with Gasteiger partial charge in [-0.3, -0.25) is 4.90 Å². The van der Waals surface area contributed by atoms with Crippen molar-refractivity contribution in [2.24, 2.45) is 0 Å². The van der Waals surface area contributed by atoms with Crippen molar-refractivity contribution in [1.82, 2.24) is 9.80 Å². The topological polar surface area (TPSA) is 35.6 Å². The number of hydrogen-bond donors (Lipinski definition) is 1. The van der Waals surface area contributed by atoms with Gasteiger partial charge in [-0.15, -0.1) is 0 Å². The second-order valence-corrected chi connectivity index (χ2v) is 8.27. The highest BCUT2D eigenvalue weighted by Gasteiger charge is 2.30. The van der Waals surface area contributed by atoms with Gasteiger partial charge in [0, 0.05) is 37.9 Å². The van der Waals surface area contributed by atoms with E-state index in [2.05, 4.69) is 86.4 Å². The quantitative estimate of drug-likeness (QED) is 0.674. The number of nitrogens with one attached hydrogen (secondary N) is 1. The summed E-state index contributed by atoms with van der Waals surface area (Å²) in [5.74, 6) is 0.375. The summed E-state index contributed by atoms with van der Waals surface area (Å²) in [4.78, 5) is 17.7. The van der Waals surface area contributed by atoms with Crippen LogP contribution in [0.1, 0.15) is 56.7 Å². The fraction of sp³-hybridized carbons (Fsp3) is 0.480. The van der Waals surface area contributed by atoms with Crippen molar-refractivity contribution in [1.29, 1.82) is 0 Å². The highest BCUT2D eigenvalue weighted by molar-refractivity contribution is 5.91. The predicted molar refractivity (Wildman–Crippen MR) is 121 cm³/mol. The molecule has 1 saturated heterocycles. The molecule has 1 unspecified atom stereocenters. The Bertz CT molecular complexity index is 803. The lowest BCUT2D eigenvalue weighted by molar-refractivity contribution is 0.189. The third kappa shape index (κ3) is 5.18. The highest BCUT2D eigenvalue weighted by Crippen LogP contribution is 2.29. The van der Waals surface area contributed by atoms with Gasteiger partial charge in [0.2, 0.25) is 0 Å². The van der Waals surface area contributed by atoms with Crippen molar-refractivity contribution < 1.29 is 4.79 Å². The Balaban J connectivity index is 1.69.